The lowest BCUT2D eigenvalue weighted by Gasteiger charge is -2.20. The third-order valence-corrected chi connectivity index (χ3v) is 4.45. The van der Waals surface area contributed by atoms with Gasteiger partial charge in [-0.05, 0) is 62.4 Å². The van der Waals surface area contributed by atoms with Gasteiger partial charge in [-0.15, -0.1) is 0 Å². The largest absolute Gasteiger partial charge is 0.346 e. The molecule has 4 heteroatoms. The number of nitrogens with one attached hydrogen (secondary N) is 1. The smallest absolute Gasteiger partial charge is 0.270 e. The number of benzene rings is 1. The zero-order chi connectivity index (χ0) is 18.0. The van der Waals surface area contributed by atoms with Gasteiger partial charge in [0.05, 0.1) is 0 Å². The Labute approximate surface area is 148 Å². The van der Waals surface area contributed by atoms with Gasteiger partial charge in [0.15, 0.2) is 0 Å². The number of hydrogen-bond acceptors (Lipinski definition) is 3. The van der Waals surface area contributed by atoms with Gasteiger partial charge < -0.3 is 5.32 Å². The molecule has 0 unspecified atom stereocenters. The third kappa shape index (κ3) is 4.13. The van der Waals surface area contributed by atoms with Crippen molar-refractivity contribution >= 4 is 11.7 Å². The van der Waals surface area contributed by atoms with Crippen molar-refractivity contribution in [1.29, 1.82) is 0 Å². The molecule has 2 aromatic rings. The Morgan fingerprint density at radius 3 is 2.72 bits per heavy atom. The van der Waals surface area contributed by atoms with Crippen LogP contribution in [-0.4, -0.2) is 22.2 Å². The number of pyridine rings is 1. The summed E-state index contributed by atoms with van der Waals surface area (Å²) in [5, 5.41) is 2.90. The second kappa shape index (κ2) is 6.79. The molecule has 1 N–H and O–H groups in total. The van der Waals surface area contributed by atoms with Crippen LogP contribution in [0.1, 0.15) is 60.3 Å². The molecule has 1 aromatic carbocycles. The zero-order valence-corrected chi connectivity index (χ0v) is 15.0. The van der Waals surface area contributed by atoms with Crippen molar-refractivity contribution in [1.82, 2.24) is 10.3 Å². The van der Waals surface area contributed by atoms with E-state index in [1.807, 2.05) is 39.0 Å². The molecule has 0 bridgehead atoms. The fourth-order valence-corrected chi connectivity index (χ4v) is 3.33. The maximum Gasteiger partial charge on any atom is 0.270 e. The van der Waals surface area contributed by atoms with Gasteiger partial charge in [0, 0.05) is 24.1 Å². The molecule has 3 rings (SSSR count). The molecule has 4 nitrogen and oxygen atoms in total. The number of hydrogen-bond donors (Lipinski definition) is 1. The number of carbonyl (C=O) groups excluding carboxylic acids is 2. The van der Waals surface area contributed by atoms with Gasteiger partial charge in [-0.3, -0.25) is 14.6 Å². The van der Waals surface area contributed by atoms with Crippen LogP contribution >= 0.6 is 0 Å². The van der Waals surface area contributed by atoms with Crippen LogP contribution in [0.25, 0.3) is 0 Å². The molecule has 1 amide bonds. The van der Waals surface area contributed by atoms with E-state index in [9.17, 15) is 9.59 Å². The number of aromatic nitrogens is 1. The fourth-order valence-electron chi connectivity index (χ4n) is 3.33. The molecule has 1 aliphatic carbocycles. The van der Waals surface area contributed by atoms with Crippen molar-refractivity contribution in [3.05, 3.63) is 65.0 Å². The first-order chi connectivity index (χ1) is 11.8. The Morgan fingerprint density at radius 2 is 1.96 bits per heavy atom. The quantitative estimate of drug-likeness (QED) is 0.930. The highest BCUT2D eigenvalue weighted by atomic mass is 16.2. The van der Waals surface area contributed by atoms with Crippen LogP contribution in [0, 0.1) is 0 Å². The summed E-state index contributed by atoms with van der Waals surface area (Å²) in [7, 11) is 0. The van der Waals surface area contributed by atoms with Gasteiger partial charge in [0.1, 0.15) is 11.5 Å². The molecule has 0 saturated carbocycles. The second-order valence-corrected chi connectivity index (χ2v) is 7.69. The molecule has 0 fully saturated rings. The normalized spacial score (nSPS) is 16.4. The first-order valence-corrected chi connectivity index (χ1v) is 8.71. The van der Waals surface area contributed by atoms with Crippen LogP contribution in [0.15, 0.2) is 42.6 Å². The van der Waals surface area contributed by atoms with E-state index in [0.717, 1.165) is 24.0 Å². The average Bonchev–Trinajstić information content (AvgIpc) is 2.97. The van der Waals surface area contributed by atoms with Gasteiger partial charge in [0.25, 0.3) is 5.91 Å². The van der Waals surface area contributed by atoms with E-state index in [-0.39, 0.29) is 23.1 Å². The maximum atomic E-state index is 12.8. The van der Waals surface area contributed by atoms with Gasteiger partial charge in [0.2, 0.25) is 0 Å². The predicted octanol–water partition coefficient (Wildman–Crippen LogP) is 3.45. The Kier molecular flexibility index (Phi) is 4.71. The monoisotopic (exact) mass is 336 g/mol. The van der Waals surface area contributed by atoms with Crippen molar-refractivity contribution in [3.8, 4) is 0 Å². The third-order valence-electron chi connectivity index (χ3n) is 4.45. The molecule has 0 spiro atoms. The van der Waals surface area contributed by atoms with Crippen molar-refractivity contribution in [2.75, 3.05) is 0 Å². The molecule has 0 saturated heterocycles. The molecule has 1 heterocycles. The van der Waals surface area contributed by atoms with Crippen molar-refractivity contribution in [2.24, 2.45) is 0 Å². The number of ketones is 1. The van der Waals surface area contributed by atoms with E-state index < -0.39 is 0 Å². The minimum absolute atomic E-state index is 0.0313. The van der Waals surface area contributed by atoms with Crippen LogP contribution < -0.4 is 5.32 Å². The number of carbonyl (C=O) groups is 2. The number of aryl methyl sites for hydroxylation is 1. The Hall–Kier alpha value is -2.49. The highest BCUT2D eigenvalue weighted by Gasteiger charge is 2.28. The van der Waals surface area contributed by atoms with Crippen molar-refractivity contribution in [3.63, 3.8) is 0 Å². The lowest BCUT2D eigenvalue weighted by molar-refractivity contribution is -0.119. The van der Waals surface area contributed by atoms with E-state index in [0.29, 0.717) is 12.1 Å². The van der Waals surface area contributed by atoms with E-state index in [4.69, 9.17) is 0 Å². The summed E-state index contributed by atoms with van der Waals surface area (Å²) >= 11 is 0. The summed E-state index contributed by atoms with van der Waals surface area (Å²) in [4.78, 5) is 29.2. The van der Waals surface area contributed by atoms with E-state index >= 15 is 0 Å². The molecule has 0 aliphatic heterocycles. The SMILES string of the molecule is CC(C)(C)NC(=O)c1cc(CC(=O)[C@@H]2CCc3ccccc32)ccn1. The van der Waals surface area contributed by atoms with Crippen LogP contribution in [-0.2, 0) is 17.6 Å². The summed E-state index contributed by atoms with van der Waals surface area (Å²) < 4.78 is 0. The Balaban J connectivity index is 1.73. The number of Topliss-reactive ketones (excluding diaryl/α,β-unsaturated/α-hetero) is 1. The predicted molar refractivity (Wildman–Crippen MR) is 97.7 cm³/mol. The molecule has 25 heavy (non-hydrogen) atoms. The van der Waals surface area contributed by atoms with Crippen LogP contribution in [0.4, 0.5) is 0 Å². The summed E-state index contributed by atoms with van der Waals surface area (Å²) in [5.74, 6) is -0.0393. The summed E-state index contributed by atoms with van der Waals surface area (Å²) in [5.41, 5.74) is 3.31. The van der Waals surface area contributed by atoms with Crippen LogP contribution in [0.2, 0.25) is 0 Å². The van der Waals surface area contributed by atoms with E-state index in [2.05, 4.69) is 22.4 Å². The molecule has 1 aromatic heterocycles. The van der Waals surface area contributed by atoms with Crippen molar-refractivity contribution < 1.29 is 9.59 Å². The molecule has 0 radical (unpaired) electrons. The zero-order valence-electron chi connectivity index (χ0n) is 15.0. The first-order valence-electron chi connectivity index (χ1n) is 8.71. The van der Waals surface area contributed by atoms with Crippen LogP contribution in [0.3, 0.4) is 0 Å². The number of fused-ring (bicyclic) bond motifs is 1. The Morgan fingerprint density at radius 1 is 1.20 bits per heavy atom. The fraction of sp³-hybridized carbons (Fsp3) is 0.381. The van der Waals surface area contributed by atoms with Crippen LogP contribution in [0.5, 0.6) is 0 Å². The average molecular weight is 336 g/mol. The molecular weight excluding hydrogens is 312 g/mol. The Bertz CT molecular complexity index is 806. The molecule has 1 atom stereocenters. The summed E-state index contributed by atoms with van der Waals surface area (Å²) in [6, 6.07) is 11.7. The number of amides is 1. The van der Waals surface area contributed by atoms with Gasteiger partial charge >= 0.3 is 0 Å². The van der Waals surface area contributed by atoms with Gasteiger partial charge in [-0.1, -0.05) is 24.3 Å². The lowest BCUT2D eigenvalue weighted by Crippen LogP contribution is -2.40. The van der Waals surface area contributed by atoms with E-state index in [1.165, 1.54) is 5.56 Å². The van der Waals surface area contributed by atoms with Gasteiger partial charge in [-0.25, -0.2) is 0 Å². The standard InChI is InChI=1S/C21H24N2O2/c1-21(2,3)23-20(25)18-12-14(10-11-22-18)13-19(24)17-9-8-15-6-4-5-7-16(15)17/h4-7,10-12,17H,8-9,13H2,1-3H3,(H,23,25)/t17-/m1/s1. The molecule has 1 aliphatic rings. The summed E-state index contributed by atoms with van der Waals surface area (Å²) in [6.45, 7) is 5.78. The minimum Gasteiger partial charge on any atom is -0.346 e. The topological polar surface area (TPSA) is 59.1 Å². The van der Waals surface area contributed by atoms with Crippen molar-refractivity contribution in [2.45, 2.75) is 51.5 Å². The van der Waals surface area contributed by atoms with Gasteiger partial charge in [-0.2, -0.15) is 0 Å². The highest BCUT2D eigenvalue weighted by molar-refractivity contribution is 5.93. The first kappa shape index (κ1) is 17.3. The highest BCUT2D eigenvalue weighted by Crippen LogP contribution is 2.34. The molecule has 130 valence electrons. The minimum atomic E-state index is -0.321. The number of nitrogens with zero attached hydrogens (tertiary/aromatic N) is 1. The summed E-state index contributed by atoms with van der Waals surface area (Å²) in [6.07, 6.45) is 3.77. The van der Waals surface area contributed by atoms with E-state index in [1.54, 1.807) is 12.3 Å². The second-order valence-electron chi connectivity index (χ2n) is 7.69. The number of rotatable bonds is 4. The molecular formula is C21H24N2O2. The maximum absolute atomic E-state index is 12.8. The lowest BCUT2D eigenvalue weighted by atomic mass is 9.92.